The van der Waals surface area contributed by atoms with Gasteiger partial charge in [-0.1, -0.05) is 24.8 Å². The molecule has 0 amide bonds. The van der Waals surface area contributed by atoms with Gasteiger partial charge in [0.25, 0.3) is 5.69 Å². The predicted octanol–water partition coefficient (Wildman–Crippen LogP) is 5.54. The number of non-ortho nitro benzene ring substituents is 1. The Morgan fingerprint density at radius 2 is 1.94 bits per heavy atom. The average molecular weight is 445 g/mol. The Morgan fingerprint density at radius 3 is 2.64 bits per heavy atom. The molecule has 0 unspecified atom stereocenters. The van der Waals surface area contributed by atoms with Crippen molar-refractivity contribution in [3.8, 4) is 11.5 Å². The molecule has 2 atom stereocenters. The second-order valence-corrected chi connectivity index (χ2v) is 7.77. The lowest BCUT2D eigenvalue weighted by atomic mass is 9.95. The van der Waals surface area contributed by atoms with Crippen molar-refractivity contribution < 1.29 is 18.8 Å². The van der Waals surface area contributed by atoms with Gasteiger partial charge in [0.15, 0.2) is 0 Å². The SMILES string of the molecule is C=CCOc1ccc(C2=NN3[C@H](C2)c2cc([N+](=O)[O-])ccc2O[C@@H]3c2ccc(F)cc2)cc1. The molecule has 8 heteroatoms. The maximum absolute atomic E-state index is 13.5. The number of nitro benzene ring substituents is 1. The van der Waals surface area contributed by atoms with E-state index in [9.17, 15) is 14.5 Å². The molecule has 0 spiro atoms. The Labute approximate surface area is 189 Å². The van der Waals surface area contributed by atoms with Gasteiger partial charge < -0.3 is 9.47 Å². The van der Waals surface area contributed by atoms with Crippen LogP contribution in [0.3, 0.4) is 0 Å². The van der Waals surface area contributed by atoms with Gasteiger partial charge in [0.05, 0.1) is 16.7 Å². The Bertz CT molecular complexity index is 1240. The second kappa shape index (κ2) is 8.38. The topological polar surface area (TPSA) is 77.2 Å². The quantitative estimate of drug-likeness (QED) is 0.283. The van der Waals surface area contributed by atoms with E-state index >= 15 is 0 Å². The van der Waals surface area contributed by atoms with Crippen LogP contribution in [-0.2, 0) is 0 Å². The van der Waals surface area contributed by atoms with E-state index < -0.39 is 11.2 Å². The summed E-state index contributed by atoms with van der Waals surface area (Å²) in [6.45, 7) is 4.06. The van der Waals surface area contributed by atoms with Crippen molar-refractivity contribution in [2.24, 2.45) is 5.10 Å². The Kier molecular flexibility index (Phi) is 5.26. The molecule has 3 aromatic carbocycles. The summed E-state index contributed by atoms with van der Waals surface area (Å²) in [6, 6.07) is 18.0. The normalized spacial score (nSPS) is 18.6. The molecule has 0 fully saturated rings. The molecule has 0 saturated heterocycles. The fourth-order valence-electron chi connectivity index (χ4n) is 4.11. The third kappa shape index (κ3) is 3.91. The number of hydrogen-bond acceptors (Lipinski definition) is 6. The molecular weight excluding hydrogens is 425 g/mol. The fraction of sp³-hybridized carbons (Fsp3) is 0.160. The van der Waals surface area contributed by atoms with Crippen LogP contribution in [0.4, 0.5) is 10.1 Å². The molecule has 7 nitrogen and oxygen atoms in total. The summed E-state index contributed by atoms with van der Waals surface area (Å²) < 4.78 is 25.3. The van der Waals surface area contributed by atoms with Crippen molar-refractivity contribution in [3.05, 3.63) is 112 Å². The van der Waals surface area contributed by atoms with Crippen LogP contribution in [0.5, 0.6) is 11.5 Å². The molecule has 0 N–H and O–H groups in total. The van der Waals surface area contributed by atoms with Gasteiger partial charge in [0.2, 0.25) is 6.23 Å². The Hall–Kier alpha value is -4.20. The molecule has 0 radical (unpaired) electrons. The van der Waals surface area contributed by atoms with Gasteiger partial charge in [-0.3, -0.25) is 10.1 Å². The van der Waals surface area contributed by atoms with E-state index in [1.807, 2.05) is 24.3 Å². The highest BCUT2D eigenvalue weighted by Crippen LogP contribution is 2.48. The lowest BCUT2D eigenvalue weighted by molar-refractivity contribution is -0.385. The minimum atomic E-state index is -0.586. The van der Waals surface area contributed by atoms with Crippen LogP contribution in [0.2, 0.25) is 0 Å². The predicted molar refractivity (Wildman–Crippen MR) is 121 cm³/mol. The van der Waals surface area contributed by atoms with Crippen LogP contribution in [0.25, 0.3) is 0 Å². The maximum atomic E-state index is 13.5. The van der Waals surface area contributed by atoms with Gasteiger partial charge in [-0.05, 0) is 48.0 Å². The summed E-state index contributed by atoms with van der Waals surface area (Å²) in [7, 11) is 0. The summed E-state index contributed by atoms with van der Waals surface area (Å²) >= 11 is 0. The number of ether oxygens (including phenoxy) is 2. The summed E-state index contributed by atoms with van der Waals surface area (Å²) in [6.07, 6.45) is 1.64. The van der Waals surface area contributed by atoms with Crippen molar-refractivity contribution in [3.63, 3.8) is 0 Å². The zero-order chi connectivity index (χ0) is 22.9. The van der Waals surface area contributed by atoms with Gasteiger partial charge in [0.1, 0.15) is 23.9 Å². The standard InChI is InChI=1S/C25H20FN3O4/c1-2-13-32-20-10-5-16(6-11-20)22-15-23-21-14-19(29(30)31)9-12-24(21)33-25(28(23)27-22)17-3-7-18(26)8-4-17/h2-12,14,23,25H,1,13,15H2/t23-,25-/m1/s1. The molecule has 33 heavy (non-hydrogen) atoms. The molecule has 2 heterocycles. The minimum Gasteiger partial charge on any atom is -0.490 e. The summed E-state index contributed by atoms with van der Waals surface area (Å²) in [4.78, 5) is 10.9. The molecule has 0 saturated carbocycles. The summed E-state index contributed by atoms with van der Waals surface area (Å²) in [5.74, 6) is 0.941. The fourth-order valence-corrected chi connectivity index (χ4v) is 4.11. The lowest BCUT2D eigenvalue weighted by Gasteiger charge is -2.38. The molecule has 5 rings (SSSR count). The average Bonchev–Trinajstić information content (AvgIpc) is 3.28. The number of benzene rings is 3. The molecule has 166 valence electrons. The largest absolute Gasteiger partial charge is 0.490 e. The third-order valence-corrected chi connectivity index (χ3v) is 5.69. The molecule has 0 aliphatic carbocycles. The molecule has 0 aromatic heterocycles. The van der Waals surface area contributed by atoms with Crippen LogP contribution in [0.15, 0.2) is 84.5 Å². The van der Waals surface area contributed by atoms with Gasteiger partial charge in [-0.15, -0.1) is 0 Å². The number of nitrogens with zero attached hydrogens (tertiary/aromatic N) is 3. The number of halogens is 1. The van der Waals surface area contributed by atoms with Crippen LogP contribution in [0.1, 0.15) is 35.4 Å². The molecule has 0 bridgehead atoms. The number of hydrogen-bond donors (Lipinski definition) is 0. The number of fused-ring (bicyclic) bond motifs is 3. The van der Waals surface area contributed by atoms with Crippen molar-refractivity contribution in [1.29, 1.82) is 0 Å². The van der Waals surface area contributed by atoms with Crippen molar-refractivity contribution in [2.45, 2.75) is 18.7 Å². The van der Waals surface area contributed by atoms with Gasteiger partial charge in [0, 0.05) is 29.7 Å². The number of hydrazone groups is 1. The molecular formula is C25H20FN3O4. The molecule has 2 aliphatic rings. The molecule has 2 aliphatic heterocycles. The van der Waals surface area contributed by atoms with Gasteiger partial charge >= 0.3 is 0 Å². The van der Waals surface area contributed by atoms with E-state index in [1.165, 1.54) is 18.2 Å². The van der Waals surface area contributed by atoms with E-state index in [-0.39, 0.29) is 17.5 Å². The minimum absolute atomic E-state index is 0.00491. The first-order valence-electron chi connectivity index (χ1n) is 10.4. The van der Waals surface area contributed by atoms with E-state index in [4.69, 9.17) is 14.6 Å². The number of nitro groups is 1. The highest BCUT2D eigenvalue weighted by atomic mass is 19.1. The summed E-state index contributed by atoms with van der Waals surface area (Å²) in [5, 5.41) is 18.0. The number of rotatable bonds is 6. The van der Waals surface area contributed by atoms with E-state index in [2.05, 4.69) is 6.58 Å². The smallest absolute Gasteiger partial charge is 0.270 e. The summed E-state index contributed by atoms with van der Waals surface area (Å²) in [5.41, 5.74) is 3.18. The van der Waals surface area contributed by atoms with E-state index in [1.54, 1.807) is 35.4 Å². The van der Waals surface area contributed by atoms with Crippen LogP contribution < -0.4 is 9.47 Å². The van der Waals surface area contributed by atoms with Crippen LogP contribution >= 0.6 is 0 Å². The first kappa shape index (κ1) is 20.7. The maximum Gasteiger partial charge on any atom is 0.270 e. The highest BCUT2D eigenvalue weighted by Gasteiger charge is 2.41. The Morgan fingerprint density at radius 1 is 1.18 bits per heavy atom. The monoisotopic (exact) mass is 445 g/mol. The zero-order valence-electron chi connectivity index (χ0n) is 17.6. The first-order chi connectivity index (χ1) is 16.0. The second-order valence-electron chi connectivity index (χ2n) is 7.77. The zero-order valence-corrected chi connectivity index (χ0v) is 17.6. The highest BCUT2D eigenvalue weighted by molar-refractivity contribution is 6.02. The first-order valence-corrected chi connectivity index (χ1v) is 10.4. The van der Waals surface area contributed by atoms with Crippen molar-refractivity contribution in [1.82, 2.24) is 5.01 Å². The third-order valence-electron chi connectivity index (χ3n) is 5.69. The van der Waals surface area contributed by atoms with E-state index in [0.29, 0.717) is 24.3 Å². The van der Waals surface area contributed by atoms with Gasteiger partial charge in [-0.25, -0.2) is 9.40 Å². The van der Waals surface area contributed by atoms with Crippen molar-refractivity contribution in [2.75, 3.05) is 6.61 Å². The van der Waals surface area contributed by atoms with E-state index in [0.717, 1.165) is 22.6 Å². The molecule has 3 aromatic rings. The van der Waals surface area contributed by atoms with Crippen LogP contribution in [-0.4, -0.2) is 22.3 Å². The lowest BCUT2D eigenvalue weighted by Crippen LogP contribution is -2.33. The van der Waals surface area contributed by atoms with Crippen LogP contribution in [0, 0.1) is 15.9 Å². The van der Waals surface area contributed by atoms with Gasteiger partial charge in [-0.2, -0.15) is 5.10 Å². The Balaban J connectivity index is 1.53. The van der Waals surface area contributed by atoms with Crippen molar-refractivity contribution >= 4 is 11.4 Å².